The van der Waals surface area contributed by atoms with Crippen molar-refractivity contribution in [2.45, 2.75) is 26.4 Å². The molecule has 170 valence electrons. The van der Waals surface area contributed by atoms with Gasteiger partial charge in [-0.25, -0.2) is 9.67 Å². The maximum atomic E-state index is 13.6. The maximum absolute atomic E-state index is 13.6. The van der Waals surface area contributed by atoms with Gasteiger partial charge >= 0.3 is 0 Å². The van der Waals surface area contributed by atoms with Gasteiger partial charge in [-0.1, -0.05) is 30.3 Å². The number of nitrogens with zero attached hydrogens (tertiary/aromatic N) is 4. The van der Waals surface area contributed by atoms with E-state index in [1.165, 1.54) is 0 Å². The molecule has 0 unspecified atom stereocenters. The zero-order chi connectivity index (χ0) is 23.5. The Bertz CT molecular complexity index is 1280. The summed E-state index contributed by atoms with van der Waals surface area (Å²) in [6, 6.07) is 17.4. The summed E-state index contributed by atoms with van der Waals surface area (Å²) in [6.07, 6.45) is 1.73. The molecule has 0 aliphatic heterocycles. The summed E-state index contributed by atoms with van der Waals surface area (Å²) in [5.74, 6) is 1.27. The lowest BCUT2D eigenvalue weighted by Crippen LogP contribution is -2.26. The lowest BCUT2D eigenvalue weighted by Gasteiger charge is -2.20. The number of pyridine rings is 1. The molecule has 0 aliphatic rings. The van der Waals surface area contributed by atoms with Crippen molar-refractivity contribution in [1.82, 2.24) is 19.7 Å². The van der Waals surface area contributed by atoms with Crippen LogP contribution in [0.2, 0.25) is 0 Å². The Kier molecular flexibility index (Phi) is 6.31. The number of methoxy groups -OCH3 is 2. The molecule has 0 radical (unpaired) electrons. The van der Waals surface area contributed by atoms with Crippen LogP contribution in [0.4, 0.5) is 0 Å². The number of amides is 1. The number of hydrogen-bond donors (Lipinski definition) is 0. The van der Waals surface area contributed by atoms with Crippen molar-refractivity contribution in [1.29, 1.82) is 0 Å². The number of rotatable bonds is 7. The van der Waals surface area contributed by atoms with E-state index in [1.54, 1.807) is 32.4 Å². The molecule has 7 heteroatoms. The van der Waals surface area contributed by atoms with Crippen molar-refractivity contribution in [3.05, 3.63) is 71.9 Å². The number of aromatic nitrogens is 3. The summed E-state index contributed by atoms with van der Waals surface area (Å²) in [5, 5.41) is 5.25. The minimum absolute atomic E-state index is 0.110. The zero-order valence-corrected chi connectivity index (χ0v) is 19.6. The molecule has 2 aromatic carbocycles. The lowest BCUT2D eigenvalue weighted by atomic mass is 10.1. The molecule has 0 atom stereocenters. The van der Waals surface area contributed by atoms with E-state index >= 15 is 0 Å². The van der Waals surface area contributed by atoms with E-state index in [-0.39, 0.29) is 11.9 Å². The number of ether oxygens (including phenoxy) is 2. The van der Waals surface area contributed by atoms with Crippen LogP contribution in [0.15, 0.2) is 60.8 Å². The number of fused-ring (bicyclic) bond motifs is 1. The van der Waals surface area contributed by atoms with Gasteiger partial charge in [0.2, 0.25) is 0 Å². The van der Waals surface area contributed by atoms with Gasteiger partial charge in [-0.05, 0) is 32.0 Å². The van der Waals surface area contributed by atoms with Crippen LogP contribution in [0.25, 0.3) is 22.3 Å². The SMILES string of the molecule is COc1ccc(CN(C)C(=O)c2cc(-c3ccccc3)nc3c2cnn3C(C)C)c(OC)c1. The van der Waals surface area contributed by atoms with Gasteiger partial charge in [0.1, 0.15) is 11.5 Å². The molecule has 2 aromatic heterocycles. The topological polar surface area (TPSA) is 69.5 Å². The molecule has 2 heterocycles. The molecule has 33 heavy (non-hydrogen) atoms. The van der Waals surface area contributed by atoms with Crippen molar-refractivity contribution in [3.8, 4) is 22.8 Å². The van der Waals surface area contributed by atoms with E-state index < -0.39 is 0 Å². The minimum atomic E-state index is -0.110. The predicted molar refractivity (Wildman–Crippen MR) is 129 cm³/mol. The zero-order valence-electron chi connectivity index (χ0n) is 19.6. The van der Waals surface area contributed by atoms with Crippen molar-refractivity contribution < 1.29 is 14.3 Å². The summed E-state index contributed by atoms with van der Waals surface area (Å²) < 4.78 is 12.6. The van der Waals surface area contributed by atoms with Gasteiger partial charge in [-0.2, -0.15) is 5.10 Å². The van der Waals surface area contributed by atoms with E-state index in [1.807, 2.05) is 73.1 Å². The number of carbonyl (C=O) groups excluding carboxylic acids is 1. The van der Waals surface area contributed by atoms with Crippen LogP contribution in [0, 0.1) is 0 Å². The van der Waals surface area contributed by atoms with Crippen molar-refractivity contribution in [2.75, 3.05) is 21.3 Å². The largest absolute Gasteiger partial charge is 0.497 e. The first kappa shape index (κ1) is 22.3. The number of hydrogen-bond acceptors (Lipinski definition) is 5. The fourth-order valence-electron chi connectivity index (χ4n) is 3.85. The van der Waals surface area contributed by atoms with Crippen molar-refractivity contribution in [3.63, 3.8) is 0 Å². The van der Waals surface area contributed by atoms with Crippen LogP contribution in [-0.2, 0) is 6.54 Å². The lowest BCUT2D eigenvalue weighted by molar-refractivity contribution is 0.0786. The monoisotopic (exact) mass is 444 g/mol. The van der Waals surface area contributed by atoms with Gasteiger partial charge in [-0.3, -0.25) is 4.79 Å². The Labute approximate surface area is 193 Å². The molecule has 0 bridgehead atoms. The molecule has 4 aromatic rings. The van der Waals surface area contributed by atoms with Crippen LogP contribution >= 0.6 is 0 Å². The second kappa shape index (κ2) is 9.32. The molecule has 4 rings (SSSR count). The molecule has 0 spiro atoms. The summed E-state index contributed by atoms with van der Waals surface area (Å²) in [7, 11) is 5.01. The first-order valence-electron chi connectivity index (χ1n) is 10.8. The van der Waals surface area contributed by atoms with Crippen molar-refractivity contribution in [2.24, 2.45) is 0 Å². The quantitative estimate of drug-likeness (QED) is 0.403. The van der Waals surface area contributed by atoms with E-state index in [9.17, 15) is 4.79 Å². The Hall–Kier alpha value is -3.87. The van der Waals surface area contributed by atoms with Crippen molar-refractivity contribution >= 4 is 16.9 Å². The normalized spacial score (nSPS) is 11.1. The van der Waals surface area contributed by atoms with E-state index in [0.717, 1.165) is 22.2 Å². The highest BCUT2D eigenvalue weighted by molar-refractivity contribution is 6.06. The Balaban J connectivity index is 1.76. The average Bonchev–Trinajstić information content (AvgIpc) is 3.28. The predicted octanol–water partition coefficient (Wildman–Crippen LogP) is 4.97. The minimum Gasteiger partial charge on any atom is -0.497 e. The van der Waals surface area contributed by atoms with Gasteiger partial charge < -0.3 is 14.4 Å². The maximum Gasteiger partial charge on any atom is 0.254 e. The highest BCUT2D eigenvalue weighted by Crippen LogP contribution is 2.29. The highest BCUT2D eigenvalue weighted by Gasteiger charge is 2.22. The molecular weight excluding hydrogens is 416 g/mol. The van der Waals surface area contributed by atoms with E-state index in [0.29, 0.717) is 29.3 Å². The third kappa shape index (κ3) is 4.39. The molecule has 0 saturated heterocycles. The Morgan fingerprint density at radius 1 is 1.06 bits per heavy atom. The molecule has 0 fully saturated rings. The van der Waals surface area contributed by atoms with Gasteiger partial charge in [0, 0.05) is 36.8 Å². The highest BCUT2D eigenvalue weighted by atomic mass is 16.5. The molecule has 0 saturated carbocycles. The first-order chi connectivity index (χ1) is 15.9. The number of carbonyl (C=O) groups is 1. The van der Waals surface area contributed by atoms with Crippen LogP contribution in [0.3, 0.4) is 0 Å². The fraction of sp³-hybridized carbons (Fsp3) is 0.269. The summed E-state index contributed by atoms with van der Waals surface area (Å²) >= 11 is 0. The van der Waals surface area contributed by atoms with Gasteiger partial charge in [0.25, 0.3) is 5.91 Å². The summed E-state index contributed by atoms with van der Waals surface area (Å²) in [6.45, 7) is 4.48. The summed E-state index contributed by atoms with van der Waals surface area (Å²) in [4.78, 5) is 20.2. The van der Waals surface area contributed by atoms with Gasteiger partial charge in [0.05, 0.1) is 37.1 Å². The summed E-state index contributed by atoms with van der Waals surface area (Å²) in [5.41, 5.74) is 3.85. The molecule has 0 aliphatic carbocycles. The molecule has 7 nitrogen and oxygen atoms in total. The molecule has 0 N–H and O–H groups in total. The van der Waals surface area contributed by atoms with Gasteiger partial charge in [-0.15, -0.1) is 0 Å². The molecule has 1 amide bonds. The van der Waals surface area contributed by atoms with Gasteiger partial charge in [0.15, 0.2) is 5.65 Å². The molecular formula is C26H28N4O3. The van der Waals surface area contributed by atoms with Crippen LogP contribution in [0.5, 0.6) is 11.5 Å². The van der Waals surface area contributed by atoms with Crippen LogP contribution < -0.4 is 9.47 Å². The standard InChI is InChI=1S/C26H28N4O3/c1-17(2)30-25-22(15-27-30)21(14-23(28-25)18-9-7-6-8-10-18)26(31)29(3)16-19-11-12-20(32-4)13-24(19)33-5/h6-15,17H,16H2,1-5H3. The third-order valence-corrected chi connectivity index (χ3v) is 5.60. The van der Waals surface area contributed by atoms with E-state index in [2.05, 4.69) is 5.10 Å². The first-order valence-corrected chi connectivity index (χ1v) is 10.8. The fourth-order valence-corrected chi connectivity index (χ4v) is 3.85. The van der Waals surface area contributed by atoms with Crippen LogP contribution in [0.1, 0.15) is 35.8 Å². The second-order valence-corrected chi connectivity index (χ2v) is 8.18. The number of benzene rings is 2. The van der Waals surface area contributed by atoms with E-state index in [4.69, 9.17) is 14.5 Å². The smallest absolute Gasteiger partial charge is 0.254 e. The average molecular weight is 445 g/mol. The Morgan fingerprint density at radius 2 is 1.82 bits per heavy atom. The third-order valence-electron chi connectivity index (χ3n) is 5.60. The van der Waals surface area contributed by atoms with Crippen LogP contribution in [-0.4, -0.2) is 46.8 Å². The Morgan fingerprint density at radius 3 is 2.48 bits per heavy atom. The second-order valence-electron chi connectivity index (χ2n) is 8.18.